The summed E-state index contributed by atoms with van der Waals surface area (Å²) in [6.45, 7) is 0. The molecule has 0 radical (unpaired) electrons. The molecule has 3 nitrogen and oxygen atoms in total. The van der Waals surface area contributed by atoms with Crippen molar-refractivity contribution in [3.63, 3.8) is 0 Å². The molecule has 15 heavy (non-hydrogen) atoms. The Hall–Kier alpha value is -1.43. The van der Waals surface area contributed by atoms with Gasteiger partial charge in [0.25, 0.3) is 5.89 Å². The Bertz CT molecular complexity index is 419. The lowest BCUT2D eigenvalue weighted by Gasteiger charge is -2.10. The zero-order valence-corrected chi connectivity index (χ0v) is 8.25. The Morgan fingerprint density at radius 3 is 2.53 bits per heavy atom. The molecule has 0 atom stereocenters. The standard InChI is InChI=1S/C9H6F2N2OS/c10-9(11,8-13-12-6-14-8)15-7-4-2-1-3-5-7/h1-6H. The van der Waals surface area contributed by atoms with E-state index in [1.54, 1.807) is 30.3 Å². The summed E-state index contributed by atoms with van der Waals surface area (Å²) in [6.07, 6.45) is 0.884. The highest BCUT2D eigenvalue weighted by Crippen LogP contribution is 2.42. The van der Waals surface area contributed by atoms with E-state index in [4.69, 9.17) is 0 Å². The predicted molar refractivity (Wildman–Crippen MR) is 50.5 cm³/mol. The van der Waals surface area contributed by atoms with Crippen LogP contribution in [0.15, 0.2) is 46.0 Å². The van der Waals surface area contributed by atoms with Crippen LogP contribution in [0.4, 0.5) is 8.78 Å². The van der Waals surface area contributed by atoms with E-state index in [1.165, 1.54) is 0 Å². The molecule has 6 heteroatoms. The van der Waals surface area contributed by atoms with Gasteiger partial charge in [-0.05, 0) is 23.9 Å². The highest BCUT2D eigenvalue weighted by atomic mass is 32.2. The first-order valence-corrected chi connectivity index (χ1v) is 4.89. The molecule has 0 N–H and O–H groups in total. The van der Waals surface area contributed by atoms with E-state index in [0.29, 0.717) is 16.7 Å². The molecule has 2 rings (SSSR count). The Morgan fingerprint density at radius 2 is 1.93 bits per heavy atom. The molecule has 0 aliphatic rings. The van der Waals surface area contributed by atoms with Crippen LogP contribution in [0.25, 0.3) is 0 Å². The minimum absolute atomic E-state index is 0.374. The van der Waals surface area contributed by atoms with Crippen LogP contribution in [-0.4, -0.2) is 10.2 Å². The first-order valence-electron chi connectivity index (χ1n) is 4.07. The van der Waals surface area contributed by atoms with Crippen molar-refractivity contribution in [1.29, 1.82) is 0 Å². The van der Waals surface area contributed by atoms with E-state index in [2.05, 4.69) is 14.6 Å². The van der Waals surface area contributed by atoms with Crippen LogP contribution in [0, 0.1) is 0 Å². The number of aromatic nitrogens is 2. The van der Waals surface area contributed by atoms with Gasteiger partial charge >= 0.3 is 5.25 Å². The summed E-state index contributed by atoms with van der Waals surface area (Å²) in [5.74, 6) is -0.684. The maximum Gasteiger partial charge on any atom is 0.374 e. The van der Waals surface area contributed by atoms with E-state index >= 15 is 0 Å². The minimum atomic E-state index is -3.20. The third-order valence-corrected chi connectivity index (χ3v) is 2.54. The molecule has 78 valence electrons. The normalized spacial score (nSPS) is 11.6. The second-order valence-electron chi connectivity index (χ2n) is 2.68. The van der Waals surface area contributed by atoms with Crippen molar-refractivity contribution in [3.05, 3.63) is 42.6 Å². The fourth-order valence-corrected chi connectivity index (χ4v) is 1.75. The third-order valence-electron chi connectivity index (χ3n) is 1.60. The molecule has 0 bridgehead atoms. The van der Waals surface area contributed by atoms with Gasteiger partial charge < -0.3 is 4.42 Å². The van der Waals surface area contributed by atoms with Crippen LogP contribution >= 0.6 is 11.8 Å². The minimum Gasteiger partial charge on any atom is -0.422 e. The van der Waals surface area contributed by atoms with Gasteiger partial charge in [0, 0.05) is 4.90 Å². The highest BCUT2D eigenvalue weighted by molar-refractivity contribution is 7.99. The van der Waals surface area contributed by atoms with Gasteiger partial charge in [-0.25, -0.2) is 0 Å². The maximum atomic E-state index is 13.4. The number of hydrogen-bond acceptors (Lipinski definition) is 4. The molecule has 0 spiro atoms. The van der Waals surface area contributed by atoms with Crippen LogP contribution in [0.5, 0.6) is 0 Å². The molecular formula is C9H6F2N2OS. The average molecular weight is 228 g/mol. The van der Waals surface area contributed by atoms with E-state index in [1.807, 2.05) is 0 Å². The van der Waals surface area contributed by atoms with Crippen molar-refractivity contribution in [2.45, 2.75) is 10.2 Å². The second-order valence-corrected chi connectivity index (χ2v) is 3.86. The van der Waals surface area contributed by atoms with Crippen molar-refractivity contribution in [2.24, 2.45) is 0 Å². The molecule has 0 unspecified atom stereocenters. The van der Waals surface area contributed by atoms with Crippen LogP contribution < -0.4 is 0 Å². The molecule has 1 aromatic carbocycles. The molecule has 0 fully saturated rings. The van der Waals surface area contributed by atoms with Crippen molar-refractivity contribution in [2.75, 3.05) is 0 Å². The number of nitrogens with zero attached hydrogens (tertiary/aromatic N) is 2. The van der Waals surface area contributed by atoms with Crippen LogP contribution in [0.2, 0.25) is 0 Å². The number of rotatable bonds is 3. The lowest BCUT2D eigenvalue weighted by atomic mass is 10.4. The Kier molecular flexibility index (Phi) is 2.68. The van der Waals surface area contributed by atoms with Crippen LogP contribution in [0.1, 0.15) is 5.89 Å². The lowest BCUT2D eigenvalue weighted by molar-refractivity contribution is 0.0714. The SMILES string of the molecule is FC(F)(Sc1ccccc1)c1nnco1. The van der Waals surface area contributed by atoms with Crippen molar-refractivity contribution >= 4 is 11.8 Å². The summed E-state index contributed by atoms with van der Waals surface area (Å²) in [5, 5.41) is 3.22. The van der Waals surface area contributed by atoms with E-state index < -0.39 is 11.1 Å². The maximum absolute atomic E-state index is 13.4. The molecule has 0 saturated carbocycles. The Morgan fingerprint density at radius 1 is 1.20 bits per heavy atom. The Labute approximate surface area is 88.5 Å². The first kappa shape index (κ1) is 10.1. The predicted octanol–water partition coefficient (Wildman–Crippen LogP) is 2.91. The monoisotopic (exact) mass is 228 g/mol. The largest absolute Gasteiger partial charge is 0.422 e. The van der Waals surface area contributed by atoms with Crippen LogP contribution in [-0.2, 0) is 5.25 Å². The first-order chi connectivity index (χ1) is 7.18. The fourth-order valence-electron chi connectivity index (χ4n) is 0.980. The van der Waals surface area contributed by atoms with E-state index in [9.17, 15) is 8.78 Å². The number of hydrogen-bond donors (Lipinski definition) is 0. The summed E-state index contributed by atoms with van der Waals surface area (Å²) < 4.78 is 31.4. The molecule has 1 aromatic heterocycles. The van der Waals surface area contributed by atoms with Crippen molar-refractivity contribution in [1.82, 2.24) is 10.2 Å². The quantitative estimate of drug-likeness (QED) is 0.757. The molecule has 0 saturated heterocycles. The number of alkyl halides is 2. The Balaban J connectivity index is 2.18. The van der Waals surface area contributed by atoms with Gasteiger partial charge in [0.15, 0.2) is 0 Å². The topological polar surface area (TPSA) is 38.9 Å². The summed E-state index contributed by atoms with van der Waals surface area (Å²) >= 11 is 0.374. The second kappa shape index (κ2) is 3.98. The molecule has 2 aromatic rings. The van der Waals surface area contributed by atoms with Crippen molar-refractivity contribution in [3.8, 4) is 0 Å². The number of halogens is 2. The highest BCUT2D eigenvalue weighted by Gasteiger charge is 2.38. The summed E-state index contributed by atoms with van der Waals surface area (Å²) in [6, 6.07) is 8.32. The van der Waals surface area contributed by atoms with Gasteiger partial charge in [-0.3, -0.25) is 0 Å². The van der Waals surface area contributed by atoms with Gasteiger partial charge in [0.1, 0.15) is 0 Å². The summed E-state index contributed by atoms with van der Waals surface area (Å²) in [4.78, 5) is 0.445. The summed E-state index contributed by atoms with van der Waals surface area (Å²) in [7, 11) is 0. The molecule has 1 heterocycles. The zero-order valence-electron chi connectivity index (χ0n) is 7.43. The van der Waals surface area contributed by atoms with E-state index in [-0.39, 0.29) is 0 Å². The fraction of sp³-hybridized carbons (Fsp3) is 0.111. The van der Waals surface area contributed by atoms with Gasteiger partial charge in [-0.15, -0.1) is 10.2 Å². The molecule has 0 aliphatic carbocycles. The van der Waals surface area contributed by atoms with Gasteiger partial charge in [-0.2, -0.15) is 8.78 Å². The molecular weight excluding hydrogens is 222 g/mol. The zero-order chi connectivity index (χ0) is 10.7. The van der Waals surface area contributed by atoms with Crippen molar-refractivity contribution < 1.29 is 13.2 Å². The number of thioether (sulfide) groups is 1. The van der Waals surface area contributed by atoms with Gasteiger partial charge in [-0.1, -0.05) is 18.2 Å². The summed E-state index contributed by atoms with van der Waals surface area (Å²) in [5.41, 5.74) is 0. The number of benzene rings is 1. The lowest BCUT2D eigenvalue weighted by Crippen LogP contribution is -2.08. The third kappa shape index (κ3) is 2.33. The molecule has 0 aliphatic heterocycles. The van der Waals surface area contributed by atoms with Crippen LogP contribution in [0.3, 0.4) is 0 Å². The van der Waals surface area contributed by atoms with E-state index in [0.717, 1.165) is 6.39 Å². The molecule has 0 amide bonds. The van der Waals surface area contributed by atoms with Gasteiger partial charge in [0.05, 0.1) is 0 Å². The van der Waals surface area contributed by atoms with Gasteiger partial charge in [0.2, 0.25) is 6.39 Å². The smallest absolute Gasteiger partial charge is 0.374 e. The average Bonchev–Trinajstić information content (AvgIpc) is 2.71.